The summed E-state index contributed by atoms with van der Waals surface area (Å²) in [7, 11) is 0. The zero-order chi connectivity index (χ0) is 11.9. The van der Waals surface area contributed by atoms with Gasteiger partial charge in [0.1, 0.15) is 0 Å². The van der Waals surface area contributed by atoms with Gasteiger partial charge in [-0.05, 0) is 24.3 Å². The number of rotatable bonds is 0. The molecular formula is C12H12S6. The van der Waals surface area contributed by atoms with Gasteiger partial charge in [-0.15, -0.1) is 0 Å². The first-order valence-corrected chi connectivity index (χ1v) is 11.5. The molecule has 0 aromatic carbocycles. The molecule has 0 unspecified atom stereocenters. The minimum absolute atomic E-state index is 1.25. The highest BCUT2D eigenvalue weighted by Gasteiger charge is 2.31. The fourth-order valence-electron chi connectivity index (χ4n) is 2.14. The Bertz CT molecular complexity index is 403. The van der Waals surface area contributed by atoms with Gasteiger partial charge in [0.15, 0.2) is 0 Å². The average molecular weight is 349 g/mol. The van der Waals surface area contributed by atoms with Crippen molar-refractivity contribution in [2.24, 2.45) is 0 Å². The molecule has 0 bridgehead atoms. The molecule has 18 heavy (non-hydrogen) atoms. The summed E-state index contributed by atoms with van der Waals surface area (Å²) in [5.74, 6) is 5.14. The molecule has 0 nitrogen and oxygen atoms in total. The summed E-state index contributed by atoms with van der Waals surface area (Å²) in [5, 5.41) is 0. The number of hydrogen-bond donors (Lipinski definition) is 0. The predicted molar refractivity (Wildman–Crippen MR) is 95.3 cm³/mol. The summed E-state index contributed by atoms with van der Waals surface area (Å²) in [6.07, 6.45) is 2.60. The molecule has 0 N–H and O–H groups in total. The molecule has 0 spiro atoms. The van der Waals surface area contributed by atoms with Crippen molar-refractivity contribution in [3.8, 4) is 0 Å². The van der Waals surface area contributed by atoms with Crippen LogP contribution < -0.4 is 0 Å². The second kappa shape index (κ2) is 5.60. The Morgan fingerprint density at radius 1 is 0.556 bits per heavy atom. The molecule has 0 amide bonds. The van der Waals surface area contributed by atoms with Crippen LogP contribution in [-0.2, 0) is 0 Å². The Morgan fingerprint density at radius 3 is 1.44 bits per heavy atom. The van der Waals surface area contributed by atoms with Crippen molar-refractivity contribution in [3.63, 3.8) is 0 Å². The van der Waals surface area contributed by atoms with Crippen molar-refractivity contribution in [2.45, 2.75) is 12.8 Å². The molecule has 4 aliphatic rings. The predicted octanol–water partition coefficient (Wildman–Crippen LogP) is 5.77. The lowest BCUT2D eigenvalue weighted by atomic mass is 10.4. The third kappa shape index (κ3) is 2.46. The Hall–Kier alpha value is 1.32. The summed E-state index contributed by atoms with van der Waals surface area (Å²) in [5.41, 5.74) is 0. The zero-order valence-electron chi connectivity index (χ0n) is 9.69. The number of hydrogen-bond acceptors (Lipinski definition) is 6. The molecule has 0 saturated heterocycles. The van der Waals surface area contributed by atoms with Crippen LogP contribution in [0, 0.1) is 0 Å². The third-order valence-electron chi connectivity index (χ3n) is 3.07. The van der Waals surface area contributed by atoms with Crippen molar-refractivity contribution >= 4 is 70.6 Å². The monoisotopic (exact) mass is 348 g/mol. The van der Waals surface area contributed by atoms with Crippen molar-refractivity contribution in [3.05, 3.63) is 28.1 Å². The SMILES string of the molecule is C1CC2=C(CS1)S/C(=C1\SC3=C(CSCC3)S1)S2. The van der Waals surface area contributed by atoms with E-state index < -0.39 is 0 Å². The molecule has 6 heteroatoms. The van der Waals surface area contributed by atoms with Gasteiger partial charge in [-0.1, -0.05) is 47.0 Å². The minimum atomic E-state index is 1.25. The Kier molecular flexibility index (Phi) is 4.05. The smallest absolute Gasteiger partial charge is 0.0700 e. The first-order valence-electron chi connectivity index (χ1n) is 5.95. The van der Waals surface area contributed by atoms with Gasteiger partial charge in [-0.25, -0.2) is 0 Å². The van der Waals surface area contributed by atoms with Gasteiger partial charge >= 0.3 is 0 Å². The highest BCUT2D eigenvalue weighted by atomic mass is 32.2. The van der Waals surface area contributed by atoms with E-state index in [-0.39, 0.29) is 0 Å². The molecule has 0 aliphatic carbocycles. The highest BCUT2D eigenvalue weighted by molar-refractivity contribution is 8.34. The van der Waals surface area contributed by atoms with Crippen molar-refractivity contribution in [1.29, 1.82) is 0 Å². The third-order valence-corrected chi connectivity index (χ3v) is 11.4. The molecule has 0 aromatic rings. The van der Waals surface area contributed by atoms with E-state index >= 15 is 0 Å². The molecule has 0 atom stereocenters. The van der Waals surface area contributed by atoms with Crippen LogP contribution in [0.4, 0.5) is 0 Å². The lowest BCUT2D eigenvalue weighted by Crippen LogP contribution is -1.94. The zero-order valence-corrected chi connectivity index (χ0v) is 14.6. The Morgan fingerprint density at radius 2 is 1.00 bits per heavy atom. The summed E-state index contributed by atoms with van der Waals surface area (Å²) >= 11 is 12.5. The van der Waals surface area contributed by atoms with Gasteiger partial charge in [0.2, 0.25) is 0 Å². The summed E-state index contributed by atoms with van der Waals surface area (Å²) < 4.78 is 3.16. The fourth-order valence-corrected chi connectivity index (χ4v) is 10.7. The van der Waals surface area contributed by atoms with Crippen LogP contribution in [0.15, 0.2) is 28.1 Å². The lowest BCUT2D eigenvalue weighted by molar-refractivity contribution is 1.19. The van der Waals surface area contributed by atoms with Gasteiger partial charge in [0.05, 0.1) is 8.47 Å². The molecule has 96 valence electrons. The topological polar surface area (TPSA) is 0 Å². The fraction of sp³-hybridized carbons (Fsp3) is 0.500. The van der Waals surface area contributed by atoms with E-state index in [1.807, 2.05) is 0 Å². The van der Waals surface area contributed by atoms with Crippen LogP contribution in [0.2, 0.25) is 0 Å². The van der Waals surface area contributed by atoms with E-state index in [1.165, 1.54) is 35.9 Å². The van der Waals surface area contributed by atoms with Gasteiger partial charge in [0.25, 0.3) is 0 Å². The van der Waals surface area contributed by atoms with E-state index in [9.17, 15) is 0 Å². The summed E-state index contributed by atoms with van der Waals surface area (Å²) in [4.78, 5) is 6.64. The quantitative estimate of drug-likeness (QED) is 0.541. The number of allylic oxidation sites excluding steroid dienone is 2. The molecule has 4 rings (SSSR count). The van der Waals surface area contributed by atoms with Crippen LogP contribution in [0.1, 0.15) is 12.8 Å². The van der Waals surface area contributed by atoms with Crippen LogP contribution in [0.5, 0.6) is 0 Å². The van der Waals surface area contributed by atoms with Crippen LogP contribution >= 0.6 is 70.6 Å². The Balaban J connectivity index is 1.54. The maximum absolute atomic E-state index is 2.09. The first kappa shape index (κ1) is 13.0. The van der Waals surface area contributed by atoms with E-state index in [1.54, 1.807) is 28.1 Å². The molecule has 0 saturated carbocycles. The van der Waals surface area contributed by atoms with Gasteiger partial charge in [0, 0.05) is 31.1 Å². The second-order valence-corrected chi connectivity index (χ2v) is 11.4. The summed E-state index contributed by atoms with van der Waals surface area (Å²) in [6.45, 7) is 0. The van der Waals surface area contributed by atoms with Gasteiger partial charge in [-0.2, -0.15) is 23.5 Å². The lowest BCUT2D eigenvalue weighted by Gasteiger charge is -2.09. The molecule has 0 fully saturated rings. The van der Waals surface area contributed by atoms with Gasteiger partial charge < -0.3 is 0 Å². The normalized spacial score (nSPS) is 32.0. The van der Waals surface area contributed by atoms with Crippen LogP contribution in [-0.4, -0.2) is 23.0 Å². The first-order chi connectivity index (χ1) is 8.90. The van der Waals surface area contributed by atoms with Crippen molar-refractivity contribution in [2.75, 3.05) is 23.0 Å². The minimum Gasteiger partial charge on any atom is -0.156 e. The number of thioether (sulfide) groups is 6. The maximum Gasteiger partial charge on any atom is 0.0700 e. The van der Waals surface area contributed by atoms with E-state index in [2.05, 4.69) is 70.6 Å². The maximum atomic E-state index is 2.09. The Labute approximate surface area is 133 Å². The largest absolute Gasteiger partial charge is 0.156 e. The molecular weight excluding hydrogens is 337 g/mol. The van der Waals surface area contributed by atoms with E-state index in [4.69, 9.17) is 0 Å². The van der Waals surface area contributed by atoms with Crippen molar-refractivity contribution < 1.29 is 0 Å². The standard InChI is InChI=1S/C12H12S6/c1-3-13-5-9-7(1)15-11(17-9)12-16-8-2-4-14-6-10(8)18-12/h1-6H2/b12-11+. The molecule has 4 aliphatic heterocycles. The van der Waals surface area contributed by atoms with Crippen LogP contribution in [0.25, 0.3) is 0 Å². The summed E-state index contributed by atoms with van der Waals surface area (Å²) in [6, 6.07) is 0. The average Bonchev–Trinajstić information content (AvgIpc) is 3.02. The van der Waals surface area contributed by atoms with Crippen LogP contribution in [0.3, 0.4) is 0 Å². The van der Waals surface area contributed by atoms with Crippen molar-refractivity contribution in [1.82, 2.24) is 0 Å². The molecule has 0 radical (unpaired) electrons. The molecule has 4 heterocycles. The van der Waals surface area contributed by atoms with E-state index in [0.717, 1.165) is 0 Å². The van der Waals surface area contributed by atoms with Gasteiger partial charge in [-0.3, -0.25) is 0 Å². The highest BCUT2D eigenvalue weighted by Crippen LogP contribution is 2.62. The molecule has 0 aromatic heterocycles. The van der Waals surface area contributed by atoms with E-state index in [0.29, 0.717) is 0 Å². The second-order valence-electron chi connectivity index (χ2n) is 4.28.